The van der Waals surface area contributed by atoms with Crippen LogP contribution in [0.25, 0.3) is 0 Å². The summed E-state index contributed by atoms with van der Waals surface area (Å²) in [4.78, 5) is 26.1. The molecule has 1 saturated carbocycles. The van der Waals surface area contributed by atoms with Gasteiger partial charge in [-0.2, -0.15) is 4.39 Å². The number of nitrogens with one attached hydrogen (secondary N) is 3. The smallest absolute Gasteiger partial charge is 0.322 e. The highest BCUT2D eigenvalue weighted by atomic mass is 35.5. The molecule has 3 rings (SSSR count). The third-order valence-corrected chi connectivity index (χ3v) is 6.02. The number of pyridine rings is 1. The third-order valence-electron chi connectivity index (χ3n) is 4.38. The lowest BCUT2D eigenvalue weighted by Gasteiger charge is -2.28. The Kier molecular flexibility index (Phi) is 4.22. The molecular weight excluding hydrogens is 363 g/mol. The fourth-order valence-corrected chi connectivity index (χ4v) is 4.44. The van der Waals surface area contributed by atoms with E-state index in [2.05, 4.69) is 20.3 Å². The van der Waals surface area contributed by atoms with Crippen LogP contribution in [0, 0.1) is 11.9 Å². The molecule has 8 nitrogen and oxygen atoms in total. The topological polar surface area (TPSA) is 117 Å². The summed E-state index contributed by atoms with van der Waals surface area (Å²) in [5.41, 5.74) is -1.11. The van der Waals surface area contributed by atoms with Gasteiger partial charge in [-0.25, -0.2) is 22.9 Å². The lowest BCUT2D eigenvalue weighted by Crippen LogP contribution is -2.53. The van der Waals surface area contributed by atoms with Crippen LogP contribution >= 0.6 is 11.6 Å². The van der Waals surface area contributed by atoms with E-state index >= 15 is 0 Å². The molecule has 3 amide bonds. The van der Waals surface area contributed by atoms with Crippen molar-refractivity contribution in [1.29, 1.82) is 0 Å². The number of carbonyl (C=O) groups is 2. The van der Waals surface area contributed by atoms with Gasteiger partial charge in [0.2, 0.25) is 16.0 Å². The number of hydrogen-bond acceptors (Lipinski definition) is 5. The second-order valence-electron chi connectivity index (χ2n) is 5.74. The van der Waals surface area contributed by atoms with Crippen LogP contribution in [0.3, 0.4) is 0 Å². The summed E-state index contributed by atoms with van der Waals surface area (Å²) in [6, 6.07) is 1.59. The van der Waals surface area contributed by atoms with Gasteiger partial charge in [-0.1, -0.05) is 18.0 Å². The van der Waals surface area contributed by atoms with E-state index in [1.54, 1.807) is 0 Å². The first kappa shape index (κ1) is 17.1. The average Bonchev–Trinajstić information content (AvgIpc) is 3.00. The molecule has 1 spiro atoms. The molecule has 1 aliphatic heterocycles. The molecule has 0 bridgehead atoms. The minimum Gasteiger partial charge on any atom is -0.323 e. The van der Waals surface area contributed by atoms with Crippen LogP contribution in [-0.4, -0.2) is 37.4 Å². The van der Waals surface area contributed by atoms with E-state index in [1.807, 2.05) is 0 Å². The Bertz CT molecular complexity index is 818. The van der Waals surface area contributed by atoms with Crippen LogP contribution in [0.5, 0.6) is 0 Å². The van der Waals surface area contributed by atoms with Gasteiger partial charge in [-0.15, -0.1) is 0 Å². The summed E-state index contributed by atoms with van der Waals surface area (Å²) in [6.07, 6.45) is 1.64. The molecule has 1 aromatic rings. The summed E-state index contributed by atoms with van der Waals surface area (Å²) >= 11 is 5.51. The normalized spacial score (nSPS) is 26.7. The molecule has 2 unspecified atom stereocenters. The van der Waals surface area contributed by atoms with Crippen LogP contribution in [0.1, 0.15) is 19.3 Å². The Hall–Kier alpha value is -1.78. The highest BCUT2D eigenvalue weighted by molar-refractivity contribution is 7.89. The van der Waals surface area contributed by atoms with Gasteiger partial charge in [0.15, 0.2) is 0 Å². The summed E-state index contributed by atoms with van der Waals surface area (Å²) in [5.74, 6) is -2.10. The van der Waals surface area contributed by atoms with Crippen LogP contribution in [0.15, 0.2) is 17.0 Å². The molecule has 2 atom stereocenters. The van der Waals surface area contributed by atoms with Crippen molar-refractivity contribution in [2.75, 3.05) is 6.54 Å². The van der Waals surface area contributed by atoms with Crippen molar-refractivity contribution < 1.29 is 22.4 Å². The van der Waals surface area contributed by atoms with Gasteiger partial charge < -0.3 is 5.32 Å². The second kappa shape index (κ2) is 5.94. The Balaban J connectivity index is 1.77. The SMILES string of the molecule is O=C1NC(=O)C2(CCCC2CNS(=O)(=O)c2ccc(Cl)nc2F)N1. The molecule has 2 heterocycles. The minimum atomic E-state index is -4.16. The first-order valence-electron chi connectivity index (χ1n) is 7.20. The zero-order valence-corrected chi connectivity index (χ0v) is 13.9. The molecule has 130 valence electrons. The summed E-state index contributed by atoms with van der Waals surface area (Å²) in [5, 5.41) is 4.60. The van der Waals surface area contributed by atoms with E-state index in [4.69, 9.17) is 11.6 Å². The molecular formula is C13H14ClFN4O4S. The Morgan fingerprint density at radius 3 is 2.79 bits per heavy atom. The second-order valence-corrected chi connectivity index (χ2v) is 7.87. The number of nitrogens with zero attached hydrogens (tertiary/aromatic N) is 1. The largest absolute Gasteiger partial charge is 0.323 e. The summed E-state index contributed by atoms with van der Waals surface area (Å²) < 4.78 is 40.5. The fourth-order valence-electron chi connectivity index (χ4n) is 3.21. The van der Waals surface area contributed by atoms with E-state index in [-0.39, 0.29) is 11.7 Å². The van der Waals surface area contributed by atoms with Gasteiger partial charge in [-0.05, 0) is 25.0 Å². The van der Waals surface area contributed by atoms with Gasteiger partial charge in [0.05, 0.1) is 0 Å². The molecule has 0 radical (unpaired) electrons. The van der Waals surface area contributed by atoms with E-state index in [0.717, 1.165) is 6.07 Å². The number of aromatic nitrogens is 1. The number of rotatable bonds is 4. The van der Waals surface area contributed by atoms with Crippen molar-refractivity contribution in [2.24, 2.45) is 5.92 Å². The summed E-state index contributed by atoms with van der Waals surface area (Å²) in [7, 11) is -4.16. The van der Waals surface area contributed by atoms with Crippen LogP contribution in [0.2, 0.25) is 5.15 Å². The van der Waals surface area contributed by atoms with Crippen LogP contribution in [-0.2, 0) is 14.8 Å². The maximum Gasteiger partial charge on any atom is 0.322 e. The van der Waals surface area contributed by atoms with Crippen molar-refractivity contribution in [2.45, 2.75) is 29.7 Å². The highest BCUT2D eigenvalue weighted by Gasteiger charge is 2.54. The zero-order valence-electron chi connectivity index (χ0n) is 12.3. The average molecular weight is 377 g/mol. The van der Waals surface area contributed by atoms with Crippen molar-refractivity contribution >= 4 is 33.6 Å². The van der Waals surface area contributed by atoms with E-state index in [9.17, 15) is 22.4 Å². The van der Waals surface area contributed by atoms with Crippen molar-refractivity contribution in [3.05, 3.63) is 23.2 Å². The minimum absolute atomic E-state index is 0.113. The van der Waals surface area contributed by atoms with Crippen molar-refractivity contribution in [1.82, 2.24) is 20.3 Å². The molecule has 1 aromatic heterocycles. The number of halogens is 2. The maximum atomic E-state index is 13.7. The van der Waals surface area contributed by atoms with Crippen molar-refractivity contribution in [3.8, 4) is 0 Å². The number of urea groups is 1. The van der Waals surface area contributed by atoms with Crippen LogP contribution in [0.4, 0.5) is 9.18 Å². The highest BCUT2D eigenvalue weighted by Crippen LogP contribution is 2.37. The number of imide groups is 1. The summed E-state index contributed by atoms with van der Waals surface area (Å²) in [6.45, 7) is -0.113. The lowest BCUT2D eigenvalue weighted by atomic mass is 9.87. The molecule has 1 aliphatic carbocycles. The van der Waals surface area contributed by atoms with Crippen molar-refractivity contribution in [3.63, 3.8) is 0 Å². The number of sulfonamides is 1. The number of amides is 3. The van der Waals surface area contributed by atoms with Gasteiger partial charge in [0.1, 0.15) is 15.6 Å². The van der Waals surface area contributed by atoms with Gasteiger partial charge in [-0.3, -0.25) is 10.1 Å². The van der Waals surface area contributed by atoms with Gasteiger partial charge in [0.25, 0.3) is 5.91 Å². The first-order chi connectivity index (χ1) is 11.2. The monoisotopic (exact) mass is 376 g/mol. The zero-order chi connectivity index (χ0) is 17.5. The Labute approximate surface area is 142 Å². The molecule has 2 aliphatic rings. The molecule has 24 heavy (non-hydrogen) atoms. The van der Waals surface area contributed by atoms with E-state index < -0.39 is 44.3 Å². The Morgan fingerprint density at radius 1 is 1.42 bits per heavy atom. The standard InChI is InChI=1S/C13H14ClFN4O4S/c14-9-4-3-8(10(15)17-9)24(22,23)16-6-7-2-1-5-13(7)11(20)18-12(21)19-13/h3-4,7,16H,1-2,5-6H2,(H2,18,19,20,21). The predicted molar refractivity (Wildman–Crippen MR) is 81.1 cm³/mol. The first-order valence-corrected chi connectivity index (χ1v) is 9.06. The molecule has 1 saturated heterocycles. The maximum absolute atomic E-state index is 13.7. The molecule has 0 aromatic carbocycles. The Morgan fingerprint density at radius 2 is 2.17 bits per heavy atom. The lowest BCUT2D eigenvalue weighted by molar-refractivity contribution is -0.125. The fraction of sp³-hybridized carbons (Fsp3) is 0.462. The quantitative estimate of drug-likeness (QED) is 0.523. The van der Waals surface area contributed by atoms with Gasteiger partial charge >= 0.3 is 6.03 Å². The van der Waals surface area contributed by atoms with Gasteiger partial charge in [0, 0.05) is 12.5 Å². The predicted octanol–water partition coefficient (Wildman–Crippen LogP) is 0.531. The molecule has 3 N–H and O–H groups in total. The van der Waals surface area contributed by atoms with E-state index in [0.29, 0.717) is 19.3 Å². The molecule has 2 fully saturated rings. The van der Waals surface area contributed by atoms with E-state index in [1.165, 1.54) is 6.07 Å². The molecule has 11 heteroatoms. The number of carbonyl (C=O) groups excluding carboxylic acids is 2. The third kappa shape index (κ3) is 2.85. The number of hydrogen-bond donors (Lipinski definition) is 3. The van der Waals surface area contributed by atoms with Crippen LogP contribution < -0.4 is 15.4 Å².